The number of pyridine rings is 2. The maximum absolute atomic E-state index is 14.0. The Morgan fingerprint density at radius 2 is 2.00 bits per heavy atom. The summed E-state index contributed by atoms with van der Waals surface area (Å²) >= 11 is 0. The number of aliphatic hydroxyl groups excluding tert-OH is 1. The number of ether oxygens (including phenoxy) is 2. The van der Waals surface area contributed by atoms with Gasteiger partial charge in [-0.1, -0.05) is 19.9 Å². The summed E-state index contributed by atoms with van der Waals surface area (Å²) in [7, 11) is 1.52. The molecule has 2 aromatic heterocycles. The van der Waals surface area contributed by atoms with Crippen LogP contribution in [0.3, 0.4) is 0 Å². The van der Waals surface area contributed by atoms with E-state index in [0.717, 1.165) is 10.9 Å². The fourth-order valence-electron chi connectivity index (χ4n) is 4.97. The van der Waals surface area contributed by atoms with Crippen LogP contribution in [0.2, 0.25) is 0 Å². The number of Topliss-reactive ketones (excluding diaryl/α,β-unsaturated/α-hetero) is 1. The molecule has 0 saturated carbocycles. The second kappa shape index (κ2) is 10.0. The van der Waals surface area contributed by atoms with Gasteiger partial charge in [-0.05, 0) is 61.4 Å². The van der Waals surface area contributed by atoms with Crippen LogP contribution in [-0.4, -0.2) is 46.3 Å². The minimum Gasteiger partial charge on any atom is -0.494 e. The van der Waals surface area contributed by atoms with E-state index in [1.54, 1.807) is 49.5 Å². The van der Waals surface area contributed by atoms with E-state index in [2.05, 4.69) is 4.98 Å². The maximum Gasteiger partial charge on any atom is 0.163 e. The molecule has 1 aliphatic rings. The zero-order valence-corrected chi connectivity index (χ0v) is 22.4. The van der Waals surface area contributed by atoms with E-state index in [-0.39, 0.29) is 35.6 Å². The van der Waals surface area contributed by atoms with Crippen LogP contribution in [0, 0.1) is 12.7 Å². The predicted molar refractivity (Wildman–Crippen MR) is 146 cm³/mol. The molecule has 5 rings (SSSR count). The van der Waals surface area contributed by atoms with Crippen molar-refractivity contribution in [3.63, 3.8) is 0 Å². The fraction of sp³-hybridized carbons (Fsp3) is 0.323. The molecule has 2 aromatic carbocycles. The number of aliphatic hydroxyl groups is 2. The summed E-state index contributed by atoms with van der Waals surface area (Å²) < 4.78 is 25.5. The fourth-order valence-corrected chi connectivity index (χ4v) is 4.97. The van der Waals surface area contributed by atoms with Crippen molar-refractivity contribution in [2.75, 3.05) is 20.3 Å². The average molecular weight is 531 g/mol. The molecule has 2 N–H and O–H groups in total. The largest absolute Gasteiger partial charge is 0.494 e. The highest BCUT2D eigenvalue weighted by molar-refractivity contribution is 6.01. The second-order valence-corrected chi connectivity index (χ2v) is 10.7. The molecule has 0 bridgehead atoms. The molecule has 0 fully saturated rings. The van der Waals surface area contributed by atoms with E-state index in [9.17, 15) is 19.4 Å². The average Bonchev–Trinajstić information content (AvgIpc) is 3.26. The summed E-state index contributed by atoms with van der Waals surface area (Å²) in [6, 6.07) is 13.4. The van der Waals surface area contributed by atoms with Gasteiger partial charge >= 0.3 is 0 Å². The maximum atomic E-state index is 14.0. The molecule has 1 aliphatic heterocycles. The number of ketones is 1. The highest BCUT2D eigenvalue weighted by Crippen LogP contribution is 2.46. The van der Waals surface area contributed by atoms with Crippen LogP contribution < -0.4 is 9.47 Å². The summed E-state index contributed by atoms with van der Waals surface area (Å²) in [5.41, 5.74) is 1.51. The van der Waals surface area contributed by atoms with Gasteiger partial charge in [0.05, 0.1) is 26.0 Å². The number of halogens is 1. The standard InChI is InChI=1S/C31H31FN2O5/c1-18-12-20(7-8-23(18)32)28-29-22(30(2,3)17-39-29)15-26(34-28)31(37,16-35)10-9-24(36)21-13-19-6-5-11-33-27(19)25(14-21)38-4/h5-8,11-15,35,37H,9-10,16-17H2,1-4H3. The first-order valence-electron chi connectivity index (χ1n) is 12.8. The number of hydrogen-bond donors (Lipinski definition) is 2. The van der Waals surface area contributed by atoms with Crippen molar-refractivity contribution >= 4 is 16.7 Å². The Morgan fingerprint density at radius 1 is 1.21 bits per heavy atom. The molecular formula is C31H31FN2O5. The Hall–Kier alpha value is -3.88. The summed E-state index contributed by atoms with van der Waals surface area (Å²) in [5, 5.41) is 22.8. The van der Waals surface area contributed by atoms with Crippen LogP contribution >= 0.6 is 0 Å². The van der Waals surface area contributed by atoms with Crippen molar-refractivity contribution in [1.29, 1.82) is 0 Å². The van der Waals surface area contributed by atoms with Crippen LogP contribution in [0.1, 0.15) is 53.9 Å². The molecule has 7 nitrogen and oxygen atoms in total. The molecule has 0 saturated heterocycles. The van der Waals surface area contributed by atoms with Crippen molar-refractivity contribution in [2.45, 2.75) is 44.6 Å². The number of nitrogens with zero attached hydrogens (tertiary/aromatic N) is 2. The number of rotatable bonds is 8. The number of aryl methyl sites for hydroxylation is 1. The number of carbonyl (C=O) groups is 1. The third-order valence-corrected chi connectivity index (χ3v) is 7.43. The minimum absolute atomic E-state index is 0.0460. The summed E-state index contributed by atoms with van der Waals surface area (Å²) in [5.74, 6) is 0.503. The Labute approximate surface area is 226 Å². The van der Waals surface area contributed by atoms with Crippen molar-refractivity contribution in [1.82, 2.24) is 9.97 Å². The predicted octanol–water partition coefficient (Wildman–Crippen LogP) is 5.27. The molecule has 0 radical (unpaired) electrons. The number of benzene rings is 2. The molecule has 0 amide bonds. The number of methoxy groups -OCH3 is 1. The Bertz CT molecular complexity index is 1590. The first kappa shape index (κ1) is 26.7. The van der Waals surface area contributed by atoms with Gasteiger partial charge in [-0.2, -0.15) is 0 Å². The first-order chi connectivity index (χ1) is 18.6. The second-order valence-electron chi connectivity index (χ2n) is 10.7. The van der Waals surface area contributed by atoms with Crippen molar-refractivity contribution < 1.29 is 28.9 Å². The molecule has 1 unspecified atom stereocenters. The molecule has 0 spiro atoms. The molecule has 39 heavy (non-hydrogen) atoms. The highest BCUT2D eigenvalue weighted by atomic mass is 19.1. The van der Waals surface area contributed by atoms with Crippen LogP contribution in [0.5, 0.6) is 11.5 Å². The number of hydrogen-bond acceptors (Lipinski definition) is 7. The van der Waals surface area contributed by atoms with E-state index in [4.69, 9.17) is 14.5 Å². The molecule has 3 heterocycles. The van der Waals surface area contributed by atoms with Gasteiger partial charge in [-0.3, -0.25) is 9.78 Å². The van der Waals surface area contributed by atoms with Crippen LogP contribution in [0.15, 0.2) is 54.7 Å². The third kappa shape index (κ3) is 4.86. The Balaban J connectivity index is 1.51. The van der Waals surface area contributed by atoms with Crippen LogP contribution in [-0.2, 0) is 11.0 Å². The van der Waals surface area contributed by atoms with Crippen molar-refractivity contribution in [3.05, 3.63) is 82.9 Å². The lowest BCUT2D eigenvalue weighted by Crippen LogP contribution is -2.33. The van der Waals surface area contributed by atoms with Gasteiger partial charge in [0.2, 0.25) is 0 Å². The lowest BCUT2D eigenvalue weighted by molar-refractivity contribution is -0.0298. The summed E-state index contributed by atoms with van der Waals surface area (Å²) in [4.78, 5) is 22.3. The quantitative estimate of drug-likeness (QED) is 0.300. The lowest BCUT2D eigenvalue weighted by Gasteiger charge is -2.27. The van der Waals surface area contributed by atoms with Crippen molar-refractivity contribution in [3.8, 4) is 22.8 Å². The topological polar surface area (TPSA) is 102 Å². The Morgan fingerprint density at radius 3 is 2.72 bits per heavy atom. The van der Waals surface area contributed by atoms with Gasteiger partial charge < -0.3 is 19.7 Å². The molecule has 8 heteroatoms. The highest BCUT2D eigenvalue weighted by Gasteiger charge is 2.39. The van der Waals surface area contributed by atoms with Crippen LogP contribution in [0.4, 0.5) is 4.39 Å². The van der Waals surface area contributed by atoms with Gasteiger partial charge in [0.1, 0.15) is 34.1 Å². The summed E-state index contributed by atoms with van der Waals surface area (Å²) in [6.07, 6.45) is 1.55. The minimum atomic E-state index is -1.80. The van der Waals surface area contributed by atoms with Crippen LogP contribution in [0.25, 0.3) is 22.2 Å². The normalized spacial score (nSPS) is 15.5. The molecule has 202 valence electrons. The molecule has 4 aromatic rings. The smallest absolute Gasteiger partial charge is 0.163 e. The first-order valence-corrected chi connectivity index (χ1v) is 12.8. The van der Waals surface area contributed by atoms with E-state index >= 15 is 0 Å². The van der Waals surface area contributed by atoms with Gasteiger partial charge in [-0.25, -0.2) is 9.37 Å². The monoisotopic (exact) mass is 530 g/mol. The molecule has 1 atom stereocenters. The Kier molecular flexibility index (Phi) is 6.86. The van der Waals surface area contributed by atoms with Gasteiger partial charge in [0.15, 0.2) is 5.78 Å². The van der Waals surface area contributed by atoms with Gasteiger partial charge in [0, 0.05) is 40.1 Å². The van der Waals surface area contributed by atoms with Crippen molar-refractivity contribution in [2.24, 2.45) is 0 Å². The number of aromatic nitrogens is 2. The lowest BCUT2D eigenvalue weighted by atomic mass is 9.83. The zero-order valence-electron chi connectivity index (χ0n) is 22.4. The van der Waals surface area contributed by atoms with Gasteiger partial charge in [0.25, 0.3) is 0 Å². The SMILES string of the molecule is COc1cc(C(=O)CCC(O)(CO)c2cc3c(c(-c4ccc(F)c(C)c4)n2)OCC3(C)C)cc2cccnc12. The number of carbonyl (C=O) groups excluding carboxylic acids is 1. The van der Waals surface area contributed by atoms with Gasteiger partial charge in [-0.15, -0.1) is 0 Å². The van der Waals surface area contributed by atoms with E-state index in [1.165, 1.54) is 13.2 Å². The summed E-state index contributed by atoms with van der Waals surface area (Å²) in [6.45, 7) is 5.48. The number of fused-ring (bicyclic) bond motifs is 2. The van der Waals surface area contributed by atoms with E-state index < -0.39 is 12.2 Å². The van der Waals surface area contributed by atoms with E-state index in [0.29, 0.717) is 46.0 Å². The molecule has 0 aliphatic carbocycles. The van der Waals surface area contributed by atoms with E-state index in [1.807, 2.05) is 19.9 Å². The molecular weight excluding hydrogens is 499 g/mol. The zero-order chi connectivity index (χ0) is 27.9. The third-order valence-electron chi connectivity index (χ3n) is 7.43.